The molecule has 0 aliphatic heterocycles. The lowest BCUT2D eigenvalue weighted by Crippen LogP contribution is -2.17. The van der Waals surface area contributed by atoms with Crippen molar-refractivity contribution in [1.82, 2.24) is 5.32 Å². The van der Waals surface area contributed by atoms with Gasteiger partial charge in [-0.3, -0.25) is 0 Å². The summed E-state index contributed by atoms with van der Waals surface area (Å²) in [4.78, 5) is 1.25. The number of nitrogens with one attached hydrogen (secondary N) is 1. The first-order chi connectivity index (χ1) is 9.69. The number of rotatable bonds is 6. The van der Waals surface area contributed by atoms with Gasteiger partial charge in [0, 0.05) is 16.7 Å². The van der Waals surface area contributed by atoms with E-state index in [9.17, 15) is 4.39 Å². The van der Waals surface area contributed by atoms with Gasteiger partial charge in [0.25, 0.3) is 0 Å². The Morgan fingerprint density at radius 1 is 1.15 bits per heavy atom. The maximum Gasteiger partial charge on any atom is 0.123 e. The summed E-state index contributed by atoms with van der Waals surface area (Å²) in [5.74, 6) is 0.680. The van der Waals surface area contributed by atoms with E-state index in [1.807, 2.05) is 12.1 Å². The van der Waals surface area contributed by atoms with Gasteiger partial charge in [-0.15, -0.1) is 11.8 Å². The van der Waals surface area contributed by atoms with E-state index in [4.69, 9.17) is 0 Å². The van der Waals surface area contributed by atoms with Crippen molar-refractivity contribution in [3.05, 3.63) is 65.5 Å². The minimum absolute atomic E-state index is 0.180. The molecule has 0 saturated heterocycles. The molecule has 1 atom stereocenters. The Morgan fingerprint density at radius 3 is 2.60 bits per heavy atom. The molecular formula is C17H20FNS. The van der Waals surface area contributed by atoms with Crippen LogP contribution < -0.4 is 5.32 Å². The Bertz CT molecular complexity index is 539. The molecule has 1 unspecified atom stereocenters. The Hall–Kier alpha value is -1.32. The zero-order chi connectivity index (χ0) is 14.4. The molecule has 1 N–H and O–H groups in total. The highest BCUT2D eigenvalue weighted by Gasteiger charge is 2.04. The maximum absolute atomic E-state index is 12.9. The highest BCUT2D eigenvalue weighted by molar-refractivity contribution is 7.98. The number of benzene rings is 2. The van der Waals surface area contributed by atoms with Crippen molar-refractivity contribution < 1.29 is 4.39 Å². The smallest absolute Gasteiger partial charge is 0.123 e. The average Bonchev–Trinajstić information content (AvgIpc) is 2.47. The van der Waals surface area contributed by atoms with Crippen LogP contribution in [0.2, 0.25) is 0 Å². The normalized spacial score (nSPS) is 12.3. The van der Waals surface area contributed by atoms with Crippen molar-refractivity contribution in [1.29, 1.82) is 0 Å². The van der Waals surface area contributed by atoms with E-state index in [-0.39, 0.29) is 5.82 Å². The highest BCUT2D eigenvalue weighted by Crippen LogP contribution is 2.25. The zero-order valence-electron chi connectivity index (χ0n) is 11.9. The number of hydrogen-bond acceptors (Lipinski definition) is 2. The van der Waals surface area contributed by atoms with Gasteiger partial charge in [0.1, 0.15) is 5.82 Å². The van der Waals surface area contributed by atoms with Gasteiger partial charge in [-0.2, -0.15) is 0 Å². The quantitative estimate of drug-likeness (QED) is 0.767. The largest absolute Gasteiger partial charge is 0.310 e. The van der Waals surface area contributed by atoms with Crippen LogP contribution in [0.15, 0.2) is 53.4 Å². The van der Waals surface area contributed by atoms with E-state index in [1.54, 1.807) is 11.8 Å². The summed E-state index contributed by atoms with van der Waals surface area (Å²) in [5.41, 5.74) is 2.44. The first-order valence-corrected chi connectivity index (χ1v) is 7.88. The summed E-state index contributed by atoms with van der Waals surface area (Å²) in [5, 5.41) is 3.42. The molecule has 2 rings (SSSR count). The molecule has 0 bridgehead atoms. The van der Waals surface area contributed by atoms with E-state index in [0.29, 0.717) is 6.04 Å². The van der Waals surface area contributed by atoms with E-state index in [0.717, 1.165) is 17.9 Å². The van der Waals surface area contributed by atoms with Crippen molar-refractivity contribution >= 4 is 11.8 Å². The summed E-state index contributed by atoms with van der Waals surface area (Å²) in [7, 11) is 0. The Balaban J connectivity index is 1.99. The van der Waals surface area contributed by atoms with E-state index in [1.165, 1.54) is 22.6 Å². The lowest BCUT2D eigenvalue weighted by Gasteiger charge is -2.13. The van der Waals surface area contributed by atoms with Crippen LogP contribution in [0.25, 0.3) is 0 Å². The van der Waals surface area contributed by atoms with Crippen LogP contribution in [-0.2, 0) is 5.75 Å². The first-order valence-electron chi connectivity index (χ1n) is 6.89. The Morgan fingerprint density at radius 2 is 1.90 bits per heavy atom. The molecular weight excluding hydrogens is 269 g/mol. The predicted molar refractivity (Wildman–Crippen MR) is 84.5 cm³/mol. The van der Waals surface area contributed by atoms with E-state index >= 15 is 0 Å². The number of halogens is 1. The SMILES string of the molecule is CCNC(C)c1cccc(SCc2ccc(F)cc2)c1. The van der Waals surface area contributed by atoms with E-state index < -0.39 is 0 Å². The van der Waals surface area contributed by atoms with Gasteiger partial charge in [0.15, 0.2) is 0 Å². The molecule has 106 valence electrons. The Kier molecular flexibility index (Phi) is 5.62. The molecule has 3 heteroatoms. The van der Waals surface area contributed by atoms with Crippen LogP contribution >= 0.6 is 11.8 Å². The predicted octanol–water partition coefficient (Wildman–Crippen LogP) is 4.79. The fourth-order valence-corrected chi connectivity index (χ4v) is 2.96. The van der Waals surface area contributed by atoms with Gasteiger partial charge in [0.2, 0.25) is 0 Å². The minimum Gasteiger partial charge on any atom is -0.310 e. The average molecular weight is 289 g/mol. The van der Waals surface area contributed by atoms with Crippen molar-refractivity contribution in [3.8, 4) is 0 Å². The number of hydrogen-bond donors (Lipinski definition) is 1. The third-order valence-electron chi connectivity index (χ3n) is 3.19. The third kappa shape index (κ3) is 4.36. The third-order valence-corrected chi connectivity index (χ3v) is 4.25. The lowest BCUT2D eigenvalue weighted by molar-refractivity contribution is 0.597. The fourth-order valence-electron chi connectivity index (χ4n) is 2.05. The zero-order valence-corrected chi connectivity index (χ0v) is 12.7. The minimum atomic E-state index is -0.180. The first kappa shape index (κ1) is 15.1. The monoisotopic (exact) mass is 289 g/mol. The second-order valence-electron chi connectivity index (χ2n) is 4.77. The van der Waals surface area contributed by atoms with Crippen LogP contribution in [0.5, 0.6) is 0 Å². The fraction of sp³-hybridized carbons (Fsp3) is 0.294. The second-order valence-corrected chi connectivity index (χ2v) is 5.82. The van der Waals surface area contributed by atoms with Gasteiger partial charge in [-0.25, -0.2) is 4.39 Å². The lowest BCUT2D eigenvalue weighted by atomic mass is 10.1. The summed E-state index contributed by atoms with van der Waals surface area (Å²) in [6.07, 6.45) is 0. The molecule has 0 aliphatic carbocycles. The molecule has 2 aromatic rings. The van der Waals surface area contributed by atoms with E-state index in [2.05, 4.69) is 43.4 Å². The maximum atomic E-state index is 12.9. The molecule has 0 heterocycles. The second kappa shape index (κ2) is 7.46. The summed E-state index contributed by atoms with van der Waals surface area (Å²) in [6.45, 7) is 5.25. The van der Waals surface area contributed by atoms with Gasteiger partial charge >= 0.3 is 0 Å². The van der Waals surface area contributed by atoms with Crippen molar-refractivity contribution in [2.45, 2.75) is 30.5 Å². The summed E-state index contributed by atoms with van der Waals surface area (Å²) in [6, 6.07) is 15.7. The molecule has 0 radical (unpaired) electrons. The van der Waals surface area contributed by atoms with Gasteiger partial charge < -0.3 is 5.32 Å². The molecule has 0 amide bonds. The highest BCUT2D eigenvalue weighted by atomic mass is 32.2. The molecule has 1 nitrogen and oxygen atoms in total. The molecule has 0 spiro atoms. The van der Waals surface area contributed by atoms with Gasteiger partial charge in [-0.1, -0.05) is 31.2 Å². The Labute approximate surface area is 124 Å². The molecule has 0 fully saturated rings. The van der Waals surface area contributed by atoms with Crippen molar-refractivity contribution in [2.24, 2.45) is 0 Å². The summed E-state index contributed by atoms with van der Waals surface area (Å²) >= 11 is 1.78. The number of thioether (sulfide) groups is 1. The topological polar surface area (TPSA) is 12.0 Å². The van der Waals surface area contributed by atoms with Crippen molar-refractivity contribution in [3.63, 3.8) is 0 Å². The van der Waals surface area contributed by atoms with Gasteiger partial charge in [-0.05, 0) is 48.9 Å². The standard InChI is InChI=1S/C17H20FNS/c1-3-19-13(2)15-5-4-6-17(11-15)20-12-14-7-9-16(18)10-8-14/h4-11,13,19H,3,12H2,1-2H3. The van der Waals surface area contributed by atoms with Gasteiger partial charge in [0.05, 0.1) is 0 Å². The van der Waals surface area contributed by atoms with Crippen molar-refractivity contribution in [2.75, 3.05) is 6.54 Å². The molecule has 20 heavy (non-hydrogen) atoms. The summed E-state index contributed by atoms with van der Waals surface area (Å²) < 4.78 is 12.9. The van der Waals surface area contributed by atoms with Crippen LogP contribution in [0.4, 0.5) is 4.39 Å². The van der Waals surface area contributed by atoms with Crippen LogP contribution in [0, 0.1) is 5.82 Å². The molecule has 0 saturated carbocycles. The van der Waals surface area contributed by atoms with Crippen LogP contribution in [-0.4, -0.2) is 6.54 Å². The molecule has 0 aliphatic rings. The van der Waals surface area contributed by atoms with Crippen LogP contribution in [0.3, 0.4) is 0 Å². The molecule has 2 aromatic carbocycles. The molecule has 0 aromatic heterocycles. The van der Waals surface area contributed by atoms with Crippen LogP contribution in [0.1, 0.15) is 31.0 Å².